The fourth-order valence-electron chi connectivity index (χ4n) is 2.24. The second-order valence-corrected chi connectivity index (χ2v) is 4.57. The molecule has 0 spiro atoms. The van der Waals surface area contributed by atoms with Crippen LogP contribution in [0.25, 0.3) is 0 Å². The normalized spacial score (nSPS) is 18.8. The number of nitrogens with zero attached hydrogens (tertiary/aromatic N) is 2. The maximum Gasteiger partial charge on any atom is 0.125 e. The second kappa shape index (κ2) is 4.52. The Bertz CT molecular complexity index is 383. The van der Waals surface area contributed by atoms with Gasteiger partial charge in [-0.15, -0.1) is 0 Å². The SMILES string of the molecule is Cc1ccc(NC2(C#N)CCCCC2)cn1. The van der Waals surface area contributed by atoms with Gasteiger partial charge in [-0.2, -0.15) is 5.26 Å². The van der Waals surface area contributed by atoms with E-state index in [1.54, 1.807) is 0 Å². The number of pyridine rings is 1. The minimum Gasteiger partial charge on any atom is -0.366 e. The van der Waals surface area contributed by atoms with E-state index in [1.165, 1.54) is 6.42 Å². The standard InChI is InChI=1S/C13H17N3/c1-11-5-6-12(9-15-11)16-13(10-14)7-3-2-4-8-13/h5-6,9,16H,2-4,7-8H2,1H3. The van der Waals surface area contributed by atoms with E-state index in [2.05, 4.69) is 16.4 Å². The van der Waals surface area contributed by atoms with Crippen molar-refractivity contribution in [3.63, 3.8) is 0 Å². The Morgan fingerprint density at radius 2 is 2.06 bits per heavy atom. The number of hydrogen-bond acceptors (Lipinski definition) is 3. The fourth-order valence-corrected chi connectivity index (χ4v) is 2.24. The first kappa shape index (κ1) is 10.9. The molecule has 0 aliphatic heterocycles. The topological polar surface area (TPSA) is 48.7 Å². The lowest BCUT2D eigenvalue weighted by atomic mass is 9.83. The Morgan fingerprint density at radius 1 is 1.31 bits per heavy atom. The summed E-state index contributed by atoms with van der Waals surface area (Å²) in [5.41, 5.74) is 1.59. The summed E-state index contributed by atoms with van der Waals surface area (Å²) in [6, 6.07) is 6.41. The third-order valence-electron chi connectivity index (χ3n) is 3.22. The maximum absolute atomic E-state index is 9.32. The van der Waals surface area contributed by atoms with Crippen molar-refractivity contribution in [2.45, 2.75) is 44.6 Å². The summed E-state index contributed by atoms with van der Waals surface area (Å²) in [6.07, 6.45) is 7.22. The molecule has 0 saturated heterocycles. The molecular weight excluding hydrogens is 198 g/mol. The van der Waals surface area contributed by atoms with Gasteiger partial charge in [-0.05, 0) is 31.9 Å². The average Bonchev–Trinajstić information content (AvgIpc) is 2.33. The number of nitriles is 1. The van der Waals surface area contributed by atoms with Crippen LogP contribution in [0.15, 0.2) is 18.3 Å². The average molecular weight is 215 g/mol. The third kappa shape index (κ3) is 2.33. The lowest BCUT2D eigenvalue weighted by molar-refractivity contribution is 0.392. The van der Waals surface area contributed by atoms with E-state index in [0.717, 1.165) is 37.1 Å². The number of aromatic nitrogens is 1. The number of hydrogen-bond donors (Lipinski definition) is 1. The predicted octanol–water partition coefficient (Wildman–Crippen LogP) is 3.03. The fraction of sp³-hybridized carbons (Fsp3) is 0.538. The summed E-state index contributed by atoms with van der Waals surface area (Å²) >= 11 is 0. The van der Waals surface area contributed by atoms with Crippen LogP contribution in [0.5, 0.6) is 0 Å². The molecule has 2 rings (SSSR count). The van der Waals surface area contributed by atoms with Crippen molar-refractivity contribution in [3.8, 4) is 6.07 Å². The van der Waals surface area contributed by atoms with Gasteiger partial charge < -0.3 is 5.32 Å². The maximum atomic E-state index is 9.32. The predicted molar refractivity (Wildman–Crippen MR) is 64.0 cm³/mol. The van der Waals surface area contributed by atoms with Gasteiger partial charge in [-0.1, -0.05) is 19.3 Å². The summed E-state index contributed by atoms with van der Waals surface area (Å²) in [5.74, 6) is 0. The van der Waals surface area contributed by atoms with Crippen molar-refractivity contribution in [1.82, 2.24) is 4.98 Å². The zero-order valence-electron chi connectivity index (χ0n) is 9.66. The van der Waals surface area contributed by atoms with Crippen molar-refractivity contribution in [3.05, 3.63) is 24.0 Å². The first-order valence-corrected chi connectivity index (χ1v) is 5.86. The zero-order valence-corrected chi connectivity index (χ0v) is 9.66. The molecule has 3 heteroatoms. The molecule has 16 heavy (non-hydrogen) atoms. The summed E-state index contributed by atoms with van der Waals surface area (Å²) in [5, 5.41) is 12.7. The minimum atomic E-state index is -0.366. The smallest absolute Gasteiger partial charge is 0.125 e. The summed E-state index contributed by atoms with van der Waals surface area (Å²) < 4.78 is 0. The molecule has 0 unspecified atom stereocenters. The Morgan fingerprint density at radius 3 is 2.62 bits per heavy atom. The van der Waals surface area contributed by atoms with Gasteiger partial charge in [-0.3, -0.25) is 4.98 Å². The Labute approximate surface area is 96.5 Å². The van der Waals surface area contributed by atoms with Crippen LogP contribution in [0, 0.1) is 18.3 Å². The van der Waals surface area contributed by atoms with Crippen LogP contribution in [-0.4, -0.2) is 10.5 Å². The molecule has 1 N–H and O–H groups in total. The lowest BCUT2D eigenvalue weighted by Gasteiger charge is -2.32. The zero-order chi connectivity index (χ0) is 11.4. The Kier molecular flexibility index (Phi) is 3.09. The van der Waals surface area contributed by atoms with E-state index in [9.17, 15) is 5.26 Å². The first-order valence-electron chi connectivity index (χ1n) is 5.86. The molecule has 0 aromatic carbocycles. The van der Waals surface area contributed by atoms with E-state index in [-0.39, 0.29) is 5.54 Å². The molecular formula is C13H17N3. The summed E-state index contributed by atoms with van der Waals surface area (Å²) in [6.45, 7) is 1.96. The van der Waals surface area contributed by atoms with Gasteiger partial charge in [0.1, 0.15) is 5.54 Å². The second-order valence-electron chi connectivity index (χ2n) is 4.57. The van der Waals surface area contributed by atoms with Gasteiger partial charge in [-0.25, -0.2) is 0 Å². The lowest BCUT2D eigenvalue weighted by Crippen LogP contribution is -2.38. The van der Waals surface area contributed by atoms with Crippen LogP contribution in [-0.2, 0) is 0 Å². The van der Waals surface area contributed by atoms with Crippen molar-refractivity contribution < 1.29 is 0 Å². The van der Waals surface area contributed by atoms with Gasteiger partial charge >= 0.3 is 0 Å². The molecule has 1 aromatic rings. The number of nitrogens with one attached hydrogen (secondary N) is 1. The van der Waals surface area contributed by atoms with Crippen LogP contribution >= 0.6 is 0 Å². The number of anilines is 1. The molecule has 1 heterocycles. The van der Waals surface area contributed by atoms with Gasteiger partial charge in [0.25, 0.3) is 0 Å². The highest BCUT2D eigenvalue weighted by Crippen LogP contribution is 2.30. The van der Waals surface area contributed by atoms with Gasteiger partial charge in [0.15, 0.2) is 0 Å². The van der Waals surface area contributed by atoms with E-state index in [0.29, 0.717) is 0 Å². The Balaban J connectivity index is 2.12. The highest BCUT2D eigenvalue weighted by atomic mass is 15.0. The molecule has 1 aliphatic rings. The quantitative estimate of drug-likeness (QED) is 0.825. The monoisotopic (exact) mass is 215 g/mol. The molecule has 1 saturated carbocycles. The molecule has 84 valence electrons. The van der Waals surface area contributed by atoms with Crippen molar-refractivity contribution >= 4 is 5.69 Å². The molecule has 0 bridgehead atoms. The van der Waals surface area contributed by atoms with Crippen molar-refractivity contribution in [2.24, 2.45) is 0 Å². The summed E-state index contributed by atoms with van der Waals surface area (Å²) in [4.78, 5) is 4.24. The molecule has 1 aromatic heterocycles. The Hall–Kier alpha value is -1.56. The van der Waals surface area contributed by atoms with Crippen LogP contribution in [0.4, 0.5) is 5.69 Å². The summed E-state index contributed by atoms with van der Waals surface area (Å²) in [7, 11) is 0. The van der Waals surface area contributed by atoms with E-state index in [1.807, 2.05) is 25.3 Å². The van der Waals surface area contributed by atoms with Gasteiger partial charge in [0.05, 0.1) is 18.0 Å². The van der Waals surface area contributed by atoms with Crippen LogP contribution in [0.3, 0.4) is 0 Å². The molecule has 1 aliphatic carbocycles. The first-order chi connectivity index (χ1) is 7.74. The van der Waals surface area contributed by atoms with E-state index < -0.39 is 0 Å². The van der Waals surface area contributed by atoms with Crippen molar-refractivity contribution in [1.29, 1.82) is 5.26 Å². The van der Waals surface area contributed by atoms with Crippen LogP contribution in [0.2, 0.25) is 0 Å². The van der Waals surface area contributed by atoms with Crippen LogP contribution < -0.4 is 5.32 Å². The molecule has 0 amide bonds. The minimum absolute atomic E-state index is 0.366. The largest absolute Gasteiger partial charge is 0.366 e. The van der Waals surface area contributed by atoms with E-state index >= 15 is 0 Å². The van der Waals surface area contributed by atoms with E-state index in [4.69, 9.17) is 0 Å². The number of aryl methyl sites for hydroxylation is 1. The highest BCUT2D eigenvalue weighted by Gasteiger charge is 2.31. The van der Waals surface area contributed by atoms with Gasteiger partial charge in [0, 0.05) is 5.69 Å². The van der Waals surface area contributed by atoms with Gasteiger partial charge in [0.2, 0.25) is 0 Å². The number of rotatable bonds is 2. The molecule has 1 fully saturated rings. The van der Waals surface area contributed by atoms with Crippen molar-refractivity contribution in [2.75, 3.05) is 5.32 Å². The molecule has 3 nitrogen and oxygen atoms in total. The van der Waals surface area contributed by atoms with Crippen LogP contribution in [0.1, 0.15) is 37.8 Å². The third-order valence-corrected chi connectivity index (χ3v) is 3.22. The highest BCUT2D eigenvalue weighted by molar-refractivity contribution is 5.46. The molecule has 0 radical (unpaired) electrons. The molecule has 0 atom stereocenters.